The minimum atomic E-state index is -1.82. The van der Waals surface area contributed by atoms with Gasteiger partial charge in [0.1, 0.15) is 6.61 Å². The highest BCUT2D eigenvalue weighted by molar-refractivity contribution is 5.91. The lowest BCUT2D eigenvalue weighted by atomic mass is 9.86. The monoisotopic (exact) mass is 502 g/mol. The van der Waals surface area contributed by atoms with Gasteiger partial charge in [-0.05, 0) is 76.0 Å². The molecule has 8 heteroatoms. The number of benzene rings is 1. The number of aromatic nitrogens is 2. The van der Waals surface area contributed by atoms with E-state index in [1.54, 1.807) is 17.6 Å². The van der Waals surface area contributed by atoms with E-state index >= 15 is 0 Å². The Labute approximate surface area is 216 Å². The van der Waals surface area contributed by atoms with E-state index in [9.17, 15) is 14.7 Å². The molecule has 3 aliphatic heterocycles. The number of esters is 1. The van der Waals surface area contributed by atoms with Crippen LogP contribution in [-0.4, -0.2) is 44.7 Å². The van der Waals surface area contributed by atoms with Crippen molar-refractivity contribution in [3.8, 4) is 11.4 Å². The second-order valence-electron chi connectivity index (χ2n) is 10.9. The van der Waals surface area contributed by atoms with Crippen molar-refractivity contribution < 1.29 is 14.6 Å². The molecule has 2 aromatic heterocycles. The SMILES string of the molecule is CC[C@@]1(O)C(=O)OCc2c1cc1n(c2=O)Cc2c-1nc1ccc(NC(C)C)cc1c2CN1CCCCC1. The first-order valence-electron chi connectivity index (χ1n) is 13.4. The van der Waals surface area contributed by atoms with E-state index in [1.165, 1.54) is 24.8 Å². The molecule has 1 atom stereocenters. The predicted octanol–water partition coefficient (Wildman–Crippen LogP) is 3.89. The summed E-state index contributed by atoms with van der Waals surface area (Å²) in [4.78, 5) is 33.7. The molecule has 8 nitrogen and oxygen atoms in total. The summed E-state index contributed by atoms with van der Waals surface area (Å²) in [6.45, 7) is 9.19. The van der Waals surface area contributed by atoms with Crippen molar-refractivity contribution in [3.05, 3.63) is 56.9 Å². The Bertz CT molecular complexity index is 1470. The lowest BCUT2D eigenvalue weighted by Crippen LogP contribution is -2.44. The number of nitrogens with one attached hydrogen (secondary N) is 1. The number of carbonyl (C=O) groups is 1. The fourth-order valence-electron chi connectivity index (χ4n) is 6.11. The molecule has 0 unspecified atom stereocenters. The summed E-state index contributed by atoms with van der Waals surface area (Å²) in [5, 5.41) is 15.8. The molecule has 5 heterocycles. The first-order valence-corrected chi connectivity index (χ1v) is 13.4. The molecule has 1 saturated heterocycles. The highest BCUT2D eigenvalue weighted by Gasteiger charge is 2.45. The smallest absolute Gasteiger partial charge is 0.343 e. The van der Waals surface area contributed by atoms with Crippen molar-refractivity contribution in [2.24, 2.45) is 0 Å². The number of cyclic esters (lactones) is 1. The normalized spacial score (nSPS) is 21.1. The molecule has 0 spiro atoms. The van der Waals surface area contributed by atoms with Crippen LogP contribution in [0, 0.1) is 0 Å². The Kier molecular flexibility index (Phi) is 5.84. The van der Waals surface area contributed by atoms with Crippen molar-refractivity contribution in [1.82, 2.24) is 14.5 Å². The van der Waals surface area contributed by atoms with Crippen LogP contribution in [0.3, 0.4) is 0 Å². The average Bonchev–Trinajstić information content (AvgIpc) is 3.26. The standard InChI is InChI=1S/C29H34N4O4/c1-4-29(36)23-13-25-26-21(15-33(25)27(34)22(23)16-37-28(29)35)20(14-32-10-6-5-7-11-32)19-12-18(30-17(2)3)8-9-24(19)31-26/h8-9,12-13,17,30,36H,4-7,10-11,14-16H2,1-3H3/t29-/m0/s1. The maximum atomic E-state index is 13.7. The fraction of sp³-hybridized carbons (Fsp3) is 0.483. The van der Waals surface area contributed by atoms with Crippen LogP contribution in [0.4, 0.5) is 5.69 Å². The molecule has 194 valence electrons. The number of hydrogen-bond acceptors (Lipinski definition) is 7. The summed E-state index contributed by atoms with van der Waals surface area (Å²) in [6, 6.07) is 8.37. The van der Waals surface area contributed by atoms with Crippen LogP contribution < -0.4 is 10.9 Å². The number of piperidine rings is 1. The Morgan fingerprint density at radius 3 is 2.65 bits per heavy atom. The number of anilines is 1. The van der Waals surface area contributed by atoms with Crippen LogP contribution in [0.5, 0.6) is 0 Å². The highest BCUT2D eigenvalue weighted by Crippen LogP contribution is 2.41. The van der Waals surface area contributed by atoms with Crippen molar-refractivity contribution >= 4 is 22.6 Å². The summed E-state index contributed by atoms with van der Waals surface area (Å²) in [5.41, 5.74) is 4.26. The van der Waals surface area contributed by atoms with Gasteiger partial charge in [-0.1, -0.05) is 13.3 Å². The summed E-state index contributed by atoms with van der Waals surface area (Å²) in [5.74, 6) is -0.701. The third kappa shape index (κ3) is 3.85. The molecular weight excluding hydrogens is 468 g/mol. The molecule has 6 rings (SSSR count). The van der Waals surface area contributed by atoms with Crippen LogP contribution in [0.1, 0.15) is 68.7 Å². The van der Waals surface area contributed by atoms with E-state index in [-0.39, 0.29) is 18.6 Å². The van der Waals surface area contributed by atoms with E-state index in [0.29, 0.717) is 29.4 Å². The van der Waals surface area contributed by atoms with E-state index in [0.717, 1.165) is 47.5 Å². The molecule has 0 saturated carbocycles. The van der Waals surface area contributed by atoms with E-state index < -0.39 is 11.6 Å². The third-order valence-electron chi connectivity index (χ3n) is 8.09. The minimum absolute atomic E-state index is 0.119. The highest BCUT2D eigenvalue weighted by atomic mass is 16.6. The predicted molar refractivity (Wildman–Crippen MR) is 142 cm³/mol. The number of aliphatic hydroxyl groups is 1. The number of ether oxygens (including phenoxy) is 1. The van der Waals surface area contributed by atoms with Crippen molar-refractivity contribution in [2.75, 3.05) is 18.4 Å². The van der Waals surface area contributed by atoms with Crippen LogP contribution in [0.2, 0.25) is 0 Å². The van der Waals surface area contributed by atoms with Crippen LogP contribution in [0.25, 0.3) is 22.3 Å². The van der Waals surface area contributed by atoms with Gasteiger partial charge in [-0.15, -0.1) is 0 Å². The molecule has 1 fully saturated rings. The van der Waals surface area contributed by atoms with Gasteiger partial charge in [-0.25, -0.2) is 9.78 Å². The van der Waals surface area contributed by atoms with Gasteiger partial charge < -0.3 is 19.7 Å². The van der Waals surface area contributed by atoms with Crippen LogP contribution in [0.15, 0.2) is 29.1 Å². The van der Waals surface area contributed by atoms with Gasteiger partial charge in [0, 0.05) is 34.8 Å². The van der Waals surface area contributed by atoms with E-state index in [1.807, 2.05) is 12.1 Å². The number of hydrogen-bond donors (Lipinski definition) is 2. The summed E-state index contributed by atoms with van der Waals surface area (Å²) in [6.07, 6.45) is 3.79. The van der Waals surface area contributed by atoms with Gasteiger partial charge in [-0.3, -0.25) is 9.69 Å². The average molecular weight is 503 g/mol. The Morgan fingerprint density at radius 2 is 1.92 bits per heavy atom. The third-order valence-corrected chi connectivity index (χ3v) is 8.09. The number of carbonyl (C=O) groups excluding carboxylic acids is 1. The first kappa shape index (κ1) is 24.1. The van der Waals surface area contributed by atoms with Crippen molar-refractivity contribution in [3.63, 3.8) is 0 Å². The molecule has 3 aliphatic rings. The largest absolute Gasteiger partial charge is 0.458 e. The van der Waals surface area contributed by atoms with Crippen LogP contribution in [-0.2, 0) is 34.8 Å². The maximum Gasteiger partial charge on any atom is 0.343 e. The topological polar surface area (TPSA) is 96.7 Å². The van der Waals surface area contributed by atoms with Gasteiger partial charge in [0.2, 0.25) is 0 Å². The van der Waals surface area contributed by atoms with Gasteiger partial charge in [0.25, 0.3) is 5.56 Å². The Hall–Kier alpha value is -3.23. The number of likely N-dealkylation sites (tertiary alicyclic amines) is 1. The Morgan fingerprint density at radius 1 is 1.14 bits per heavy atom. The Balaban J connectivity index is 1.56. The fourth-order valence-corrected chi connectivity index (χ4v) is 6.11. The first-order chi connectivity index (χ1) is 17.8. The zero-order valence-electron chi connectivity index (χ0n) is 21.8. The molecule has 0 aliphatic carbocycles. The molecule has 1 aromatic carbocycles. The molecule has 2 N–H and O–H groups in total. The van der Waals surface area contributed by atoms with Gasteiger partial charge in [-0.2, -0.15) is 0 Å². The zero-order chi connectivity index (χ0) is 25.9. The number of rotatable bonds is 5. The quantitative estimate of drug-likeness (QED) is 0.400. The van der Waals surface area contributed by atoms with Crippen LogP contribution >= 0.6 is 0 Å². The number of fused-ring (bicyclic) bond motifs is 5. The summed E-state index contributed by atoms with van der Waals surface area (Å²) >= 11 is 0. The van der Waals surface area contributed by atoms with Crippen molar-refractivity contribution in [2.45, 2.75) is 77.8 Å². The molecule has 3 aromatic rings. The van der Waals surface area contributed by atoms with E-state index in [4.69, 9.17) is 9.72 Å². The second-order valence-corrected chi connectivity index (χ2v) is 10.9. The lowest BCUT2D eigenvalue weighted by Gasteiger charge is -2.31. The van der Waals surface area contributed by atoms with Crippen molar-refractivity contribution in [1.29, 1.82) is 0 Å². The lowest BCUT2D eigenvalue weighted by molar-refractivity contribution is -0.172. The van der Waals surface area contributed by atoms with Gasteiger partial charge in [0.05, 0.1) is 29.0 Å². The van der Waals surface area contributed by atoms with Gasteiger partial charge in [0.15, 0.2) is 5.60 Å². The molecular formula is C29H34N4O4. The summed E-state index contributed by atoms with van der Waals surface area (Å²) in [7, 11) is 0. The minimum Gasteiger partial charge on any atom is -0.458 e. The molecule has 37 heavy (non-hydrogen) atoms. The zero-order valence-corrected chi connectivity index (χ0v) is 21.8. The van der Waals surface area contributed by atoms with Gasteiger partial charge >= 0.3 is 5.97 Å². The van der Waals surface area contributed by atoms with E-state index in [2.05, 4.69) is 30.1 Å². The maximum absolute atomic E-state index is 13.7. The second kappa shape index (κ2) is 8.96. The summed E-state index contributed by atoms with van der Waals surface area (Å²) < 4.78 is 6.96. The molecule has 0 radical (unpaired) electrons. The number of nitrogens with zero attached hydrogens (tertiary/aromatic N) is 3. The molecule has 0 bridgehead atoms. The number of pyridine rings is 2. The molecule has 0 amide bonds.